The predicted octanol–water partition coefficient (Wildman–Crippen LogP) is 1.52. The molecule has 136 valence electrons. The molecule has 3 atom stereocenters. The number of hydrogen-bond donors (Lipinski definition) is 2. The van der Waals surface area contributed by atoms with Crippen LogP contribution in [0.1, 0.15) is 25.8 Å². The second-order valence-corrected chi connectivity index (χ2v) is 6.11. The summed E-state index contributed by atoms with van der Waals surface area (Å²) in [6.07, 6.45) is -1.44. The predicted molar refractivity (Wildman–Crippen MR) is 85.6 cm³/mol. The van der Waals surface area contributed by atoms with Gasteiger partial charge in [-0.05, 0) is 26.3 Å². The van der Waals surface area contributed by atoms with Crippen LogP contribution in [0.3, 0.4) is 0 Å². The summed E-state index contributed by atoms with van der Waals surface area (Å²) in [5, 5.41) is 22.7. The van der Waals surface area contributed by atoms with Crippen LogP contribution in [0.15, 0.2) is 24.3 Å². The second kappa shape index (κ2) is 7.47. The van der Waals surface area contributed by atoms with Gasteiger partial charge >= 0.3 is 6.16 Å². The molecule has 1 aliphatic rings. The molecular formula is C16H20N2O7. The Morgan fingerprint density at radius 2 is 2.16 bits per heavy atom. The number of aliphatic hydroxyl groups excluding tert-OH is 1. The summed E-state index contributed by atoms with van der Waals surface area (Å²) < 4.78 is 10.0. The Balaban J connectivity index is 1.92. The Kier molecular flexibility index (Phi) is 5.58. The van der Waals surface area contributed by atoms with E-state index in [9.17, 15) is 19.7 Å². The van der Waals surface area contributed by atoms with E-state index in [0.29, 0.717) is 6.42 Å². The minimum Gasteiger partial charge on any atom is -0.430 e. The number of nitrogens with one attached hydrogen (secondary N) is 1. The normalized spacial score (nSPS) is 23.2. The smallest absolute Gasteiger partial charge is 0.430 e. The number of hydrogen-bond acceptors (Lipinski definition) is 7. The van der Waals surface area contributed by atoms with Crippen LogP contribution in [0, 0.1) is 16.0 Å². The van der Waals surface area contributed by atoms with Crippen molar-refractivity contribution in [2.24, 2.45) is 5.92 Å². The van der Waals surface area contributed by atoms with Crippen LogP contribution in [0.5, 0.6) is 0 Å². The lowest BCUT2D eigenvalue weighted by molar-refractivity contribution is -0.385. The molecule has 1 heterocycles. The van der Waals surface area contributed by atoms with E-state index in [-0.39, 0.29) is 30.4 Å². The van der Waals surface area contributed by atoms with Gasteiger partial charge in [-0.15, -0.1) is 0 Å². The van der Waals surface area contributed by atoms with Crippen LogP contribution in [-0.4, -0.2) is 40.3 Å². The van der Waals surface area contributed by atoms with Gasteiger partial charge in [0.25, 0.3) is 5.69 Å². The first-order chi connectivity index (χ1) is 11.8. The van der Waals surface area contributed by atoms with Crippen molar-refractivity contribution in [2.45, 2.75) is 38.5 Å². The number of rotatable bonds is 7. The van der Waals surface area contributed by atoms with Crippen LogP contribution >= 0.6 is 0 Å². The Morgan fingerprint density at radius 1 is 1.48 bits per heavy atom. The lowest BCUT2D eigenvalue weighted by Crippen LogP contribution is -2.71. The van der Waals surface area contributed by atoms with Gasteiger partial charge in [-0.1, -0.05) is 12.1 Å². The molecule has 0 aromatic heterocycles. The van der Waals surface area contributed by atoms with Crippen LogP contribution in [0.25, 0.3) is 0 Å². The van der Waals surface area contributed by atoms with Crippen LogP contribution in [0.4, 0.5) is 10.5 Å². The fraction of sp³-hybridized carbons (Fsp3) is 0.500. The number of ether oxygens (including phenoxy) is 2. The zero-order valence-corrected chi connectivity index (χ0v) is 13.9. The number of β-lactam (4-membered cyclic amide) rings is 1. The first-order valence-corrected chi connectivity index (χ1v) is 7.77. The van der Waals surface area contributed by atoms with Gasteiger partial charge in [0.1, 0.15) is 12.7 Å². The number of carbonyl (C=O) groups is 2. The van der Waals surface area contributed by atoms with Gasteiger partial charge in [0, 0.05) is 12.7 Å². The fourth-order valence-corrected chi connectivity index (χ4v) is 3.03. The molecule has 25 heavy (non-hydrogen) atoms. The van der Waals surface area contributed by atoms with Gasteiger partial charge < -0.3 is 19.9 Å². The molecule has 0 radical (unpaired) electrons. The highest BCUT2D eigenvalue weighted by molar-refractivity contribution is 5.88. The molecule has 1 saturated heterocycles. The fourth-order valence-electron chi connectivity index (χ4n) is 3.03. The molecule has 9 nitrogen and oxygen atoms in total. The molecule has 2 N–H and O–H groups in total. The minimum absolute atomic E-state index is 0.109. The minimum atomic E-state index is -1.02. The van der Waals surface area contributed by atoms with Crippen molar-refractivity contribution >= 4 is 17.7 Å². The van der Waals surface area contributed by atoms with Crippen molar-refractivity contribution in [3.63, 3.8) is 0 Å². The standard InChI is InChI=1S/C16H20N2O7/c1-10(13-14(20)17-16(13,2)7-8-19)25-15(21)24-9-11-5-3-4-6-12(11)18(22)23/h3-6,10,13,19H,7-9H2,1-2H3,(H,17,20). The van der Waals surface area contributed by atoms with E-state index >= 15 is 0 Å². The Hall–Kier alpha value is -2.68. The first kappa shape index (κ1) is 18.7. The van der Waals surface area contributed by atoms with Crippen molar-refractivity contribution in [1.29, 1.82) is 0 Å². The number of carbonyl (C=O) groups excluding carboxylic acids is 2. The summed E-state index contributed by atoms with van der Waals surface area (Å²) in [4.78, 5) is 33.9. The molecular weight excluding hydrogens is 332 g/mol. The second-order valence-electron chi connectivity index (χ2n) is 6.11. The highest BCUT2D eigenvalue weighted by atomic mass is 16.7. The molecule has 0 saturated carbocycles. The monoisotopic (exact) mass is 352 g/mol. The number of nitro groups is 1. The van der Waals surface area contributed by atoms with Crippen molar-refractivity contribution in [1.82, 2.24) is 5.32 Å². The summed E-state index contributed by atoms with van der Waals surface area (Å²) >= 11 is 0. The molecule has 0 aliphatic carbocycles. The van der Waals surface area contributed by atoms with Crippen LogP contribution in [-0.2, 0) is 20.9 Å². The van der Waals surface area contributed by atoms with Gasteiger partial charge in [0.05, 0.1) is 21.9 Å². The molecule has 0 spiro atoms. The maximum absolute atomic E-state index is 11.8. The third-order valence-electron chi connectivity index (χ3n) is 4.29. The zero-order valence-electron chi connectivity index (χ0n) is 13.9. The summed E-state index contributed by atoms with van der Waals surface area (Å²) in [6, 6.07) is 5.90. The first-order valence-electron chi connectivity index (χ1n) is 7.77. The highest BCUT2D eigenvalue weighted by Crippen LogP contribution is 2.34. The lowest BCUT2D eigenvalue weighted by Gasteiger charge is -2.48. The number of amides is 1. The maximum Gasteiger partial charge on any atom is 0.508 e. The average molecular weight is 352 g/mol. The van der Waals surface area contributed by atoms with E-state index < -0.39 is 28.6 Å². The quantitative estimate of drug-likeness (QED) is 0.329. The van der Waals surface area contributed by atoms with E-state index in [0.717, 1.165) is 0 Å². The van der Waals surface area contributed by atoms with Crippen molar-refractivity contribution in [2.75, 3.05) is 6.61 Å². The maximum atomic E-state index is 11.8. The Labute approximate surface area is 144 Å². The summed E-state index contributed by atoms with van der Waals surface area (Å²) in [6.45, 7) is 2.90. The van der Waals surface area contributed by atoms with E-state index in [4.69, 9.17) is 14.6 Å². The van der Waals surface area contributed by atoms with Gasteiger partial charge in [0.2, 0.25) is 5.91 Å². The average Bonchev–Trinajstić information content (AvgIpc) is 2.52. The highest BCUT2D eigenvalue weighted by Gasteiger charge is 2.53. The van der Waals surface area contributed by atoms with Gasteiger partial charge in [-0.25, -0.2) is 4.79 Å². The number of para-hydroxylation sites is 1. The number of nitrogens with zero attached hydrogens (tertiary/aromatic N) is 1. The van der Waals surface area contributed by atoms with Crippen LogP contribution in [0.2, 0.25) is 0 Å². The molecule has 1 aromatic rings. The topological polar surface area (TPSA) is 128 Å². The third-order valence-corrected chi connectivity index (χ3v) is 4.29. The number of benzene rings is 1. The third kappa shape index (κ3) is 4.05. The van der Waals surface area contributed by atoms with Crippen LogP contribution < -0.4 is 5.32 Å². The molecule has 1 fully saturated rings. The molecule has 3 unspecified atom stereocenters. The molecule has 9 heteroatoms. The molecule has 2 rings (SSSR count). The van der Waals surface area contributed by atoms with Gasteiger partial charge in [-0.3, -0.25) is 14.9 Å². The lowest BCUT2D eigenvalue weighted by atomic mass is 9.72. The largest absolute Gasteiger partial charge is 0.508 e. The number of aliphatic hydroxyl groups is 1. The van der Waals surface area contributed by atoms with Crippen molar-refractivity contribution in [3.8, 4) is 0 Å². The van der Waals surface area contributed by atoms with Gasteiger partial charge in [0.15, 0.2) is 0 Å². The SMILES string of the molecule is CC(OC(=O)OCc1ccccc1[N+](=O)[O-])C1C(=O)NC1(C)CCO. The van der Waals surface area contributed by atoms with Crippen molar-refractivity contribution in [3.05, 3.63) is 39.9 Å². The zero-order chi connectivity index (χ0) is 18.6. The Morgan fingerprint density at radius 3 is 2.76 bits per heavy atom. The molecule has 1 aliphatic heterocycles. The Bertz CT molecular complexity index is 678. The van der Waals surface area contributed by atoms with E-state index in [1.54, 1.807) is 19.9 Å². The van der Waals surface area contributed by atoms with Crippen molar-refractivity contribution < 1.29 is 29.1 Å². The number of nitro benzene ring substituents is 1. The van der Waals surface area contributed by atoms with Gasteiger partial charge in [-0.2, -0.15) is 0 Å². The summed E-state index contributed by atoms with van der Waals surface area (Å²) in [7, 11) is 0. The molecule has 1 amide bonds. The van der Waals surface area contributed by atoms with E-state index in [2.05, 4.69) is 5.32 Å². The molecule has 1 aromatic carbocycles. The van der Waals surface area contributed by atoms with E-state index in [1.165, 1.54) is 18.2 Å². The van der Waals surface area contributed by atoms with E-state index in [1.807, 2.05) is 0 Å². The summed E-state index contributed by atoms with van der Waals surface area (Å²) in [5.41, 5.74) is -0.565. The summed E-state index contributed by atoms with van der Waals surface area (Å²) in [5.74, 6) is -0.867. The molecule has 0 bridgehead atoms.